The first-order valence-electron chi connectivity index (χ1n) is 6.29. The van der Waals surface area contributed by atoms with Crippen LogP contribution in [0.15, 0.2) is 0 Å². The molecule has 0 aromatic carbocycles. The Kier molecular flexibility index (Phi) is 4.17. The second-order valence-electron chi connectivity index (χ2n) is 5.69. The molecule has 0 aromatic heterocycles. The minimum atomic E-state index is -1.04. The molecular weight excluding hydrogens is 218 g/mol. The van der Waals surface area contributed by atoms with Crippen LogP contribution in [-0.2, 0) is 9.59 Å². The number of carboxylic acid groups (broad SMARTS) is 1. The van der Waals surface area contributed by atoms with Crippen LogP contribution in [0, 0.1) is 17.3 Å². The van der Waals surface area contributed by atoms with E-state index in [9.17, 15) is 9.59 Å². The zero-order valence-corrected chi connectivity index (χ0v) is 11.2. The van der Waals surface area contributed by atoms with E-state index < -0.39 is 11.9 Å². The van der Waals surface area contributed by atoms with Gasteiger partial charge in [0.25, 0.3) is 0 Å². The first-order valence-corrected chi connectivity index (χ1v) is 6.29. The first kappa shape index (κ1) is 14.0. The molecule has 1 amide bonds. The summed E-state index contributed by atoms with van der Waals surface area (Å²) in [6, 6.07) is 0. The van der Waals surface area contributed by atoms with E-state index in [1.807, 2.05) is 0 Å². The van der Waals surface area contributed by atoms with Crippen molar-refractivity contribution in [2.24, 2.45) is 17.3 Å². The molecule has 4 nitrogen and oxygen atoms in total. The minimum Gasteiger partial charge on any atom is -0.481 e. The predicted molar refractivity (Wildman–Crippen MR) is 65.6 cm³/mol. The maximum Gasteiger partial charge on any atom is 0.315 e. The van der Waals surface area contributed by atoms with Gasteiger partial charge in [-0.15, -0.1) is 0 Å². The number of aliphatic carboxylic acids is 1. The van der Waals surface area contributed by atoms with Gasteiger partial charge in [0.2, 0.25) is 5.91 Å². The van der Waals surface area contributed by atoms with Gasteiger partial charge in [-0.05, 0) is 31.1 Å². The monoisotopic (exact) mass is 241 g/mol. The van der Waals surface area contributed by atoms with Gasteiger partial charge in [-0.25, -0.2) is 0 Å². The molecule has 0 saturated carbocycles. The number of carbonyl (C=O) groups excluding carboxylic acids is 1. The number of nitrogens with zero attached hydrogens (tertiary/aromatic N) is 1. The fraction of sp³-hybridized carbons (Fsp3) is 0.846. The van der Waals surface area contributed by atoms with Gasteiger partial charge in [0.05, 0.1) is 0 Å². The number of rotatable bonds is 3. The Morgan fingerprint density at radius 1 is 1.18 bits per heavy atom. The highest BCUT2D eigenvalue weighted by molar-refractivity contribution is 5.96. The van der Waals surface area contributed by atoms with E-state index in [0.717, 1.165) is 12.8 Å². The van der Waals surface area contributed by atoms with Crippen LogP contribution < -0.4 is 0 Å². The van der Waals surface area contributed by atoms with Gasteiger partial charge in [0.1, 0.15) is 5.92 Å². The molecule has 1 saturated heterocycles. The van der Waals surface area contributed by atoms with E-state index in [1.165, 1.54) is 6.92 Å². The highest BCUT2D eigenvalue weighted by Gasteiger charge is 2.36. The Balaban J connectivity index is 2.58. The summed E-state index contributed by atoms with van der Waals surface area (Å²) >= 11 is 0. The summed E-state index contributed by atoms with van der Waals surface area (Å²) in [5.74, 6) is -1.61. The lowest BCUT2D eigenvalue weighted by molar-refractivity contribution is -0.151. The smallest absolute Gasteiger partial charge is 0.315 e. The molecule has 1 rings (SSSR count). The van der Waals surface area contributed by atoms with Crippen LogP contribution in [0.3, 0.4) is 0 Å². The molecule has 1 heterocycles. The molecule has 0 radical (unpaired) electrons. The fourth-order valence-electron chi connectivity index (χ4n) is 2.19. The number of likely N-dealkylation sites (tertiary alicyclic amines) is 1. The van der Waals surface area contributed by atoms with E-state index >= 15 is 0 Å². The van der Waals surface area contributed by atoms with Crippen LogP contribution in [-0.4, -0.2) is 35.0 Å². The first-order chi connectivity index (χ1) is 7.78. The van der Waals surface area contributed by atoms with Crippen molar-refractivity contribution in [3.05, 3.63) is 0 Å². The van der Waals surface area contributed by atoms with Gasteiger partial charge >= 0.3 is 5.97 Å². The normalized spacial score (nSPS) is 21.4. The van der Waals surface area contributed by atoms with Gasteiger partial charge in [-0.2, -0.15) is 0 Å². The molecule has 1 fully saturated rings. The fourth-order valence-corrected chi connectivity index (χ4v) is 2.19. The van der Waals surface area contributed by atoms with Crippen molar-refractivity contribution in [3.8, 4) is 0 Å². The van der Waals surface area contributed by atoms with Crippen molar-refractivity contribution in [1.82, 2.24) is 4.90 Å². The molecule has 1 N–H and O–H groups in total. The molecular formula is C13H23NO3. The molecule has 1 aliphatic rings. The quantitative estimate of drug-likeness (QED) is 0.769. The Bertz CT molecular complexity index is 304. The average molecular weight is 241 g/mol. The molecule has 0 bridgehead atoms. The van der Waals surface area contributed by atoms with E-state index in [-0.39, 0.29) is 11.3 Å². The van der Waals surface area contributed by atoms with E-state index in [0.29, 0.717) is 19.0 Å². The van der Waals surface area contributed by atoms with E-state index in [2.05, 4.69) is 20.8 Å². The topological polar surface area (TPSA) is 57.6 Å². The molecule has 1 unspecified atom stereocenters. The van der Waals surface area contributed by atoms with Crippen molar-refractivity contribution in [3.63, 3.8) is 0 Å². The molecule has 4 heteroatoms. The van der Waals surface area contributed by atoms with Crippen molar-refractivity contribution in [1.29, 1.82) is 0 Å². The number of hydrogen-bond acceptors (Lipinski definition) is 2. The van der Waals surface area contributed by atoms with Gasteiger partial charge < -0.3 is 10.0 Å². The summed E-state index contributed by atoms with van der Waals surface area (Å²) in [6.45, 7) is 9.49. The summed E-state index contributed by atoms with van der Waals surface area (Å²) in [5.41, 5.74) is 0.281. The number of piperidine rings is 1. The summed E-state index contributed by atoms with van der Waals surface area (Å²) < 4.78 is 0. The van der Waals surface area contributed by atoms with Crippen molar-refractivity contribution >= 4 is 11.9 Å². The van der Waals surface area contributed by atoms with Gasteiger partial charge in [-0.3, -0.25) is 9.59 Å². The summed E-state index contributed by atoms with van der Waals surface area (Å²) in [7, 11) is 0. The summed E-state index contributed by atoms with van der Waals surface area (Å²) in [4.78, 5) is 24.3. The maximum atomic E-state index is 11.9. The molecule has 1 atom stereocenters. The highest BCUT2D eigenvalue weighted by atomic mass is 16.4. The molecule has 17 heavy (non-hydrogen) atoms. The Morgan fingerprint density at radius 3 is 2.00 bits per heavy atom. The van der Waals surface area contributed by atoms with Crippen LogP contribution in [0.25, 0.3) is 0 Å². The molecule has 0 aromatic rings. The van der Waals surface area contributed by atoms with Gasteiger partial charge in [-0.1, -0.05) is 20.8 Å². The van der Waals surface area contributed by atoms with Crippen LogP contribution in [0.4, 0.5) is 0 Å². The van der Waals surface area contributed by atoms with Crippen molar-refractivity contribution < 1.29 is 14.7 Å². The number of hydrogen-bond donors (Lipinski definition) is 1. The largest absolute Gasteiger partial charge is 0.481 e. The molecule has 0 spiro atoms. The standard InChI is InChI=1S/C13H23NO3/c1-9(2)13(4)5-7-14(8-6-13)11(15)10(3)12(16)17/h9-10H,5-8H2,1-4H3,(H,16,17). The number of carboxylic acids is 1. The number of amides is 1. The minimum absolute atomic E-state index is 0.247. The van der Waals surface area contributed by atoms with Crippen molar-refractivity contribution in [2.45, 2.75) is 40.5 Å². The van der Waals surface area contributed by atoms with Crippen LogP contribution in [0.2, 0.25) is 0 Å². The molecule has 98 valence electrons. The Morgan fingerprint density at radius 2 is 1.65 bits per heavy atom. The van der Waals surface area contributed by atoms with Crippen LogP contribution in [0.1, 0.15) is 40.5 Å². The van der Waals surface area contributed by atoms with E-state index in [4.69, 9.17) is 5.11 Å². The maximum absolute atomic E-state index is 11.9. The highest BCUT2D eigenvalue weighted by Crippen LogP contribution is 2.38. The van der Waals surface area contributed by atoms with E-state index in [1.54, 1.807) is 4.90 Å². The van der Waals surface area contributed by atoms with Gasteiger partial charge in [0, 0.05) is 13.1 Å². The third-order valence-corrected chi connectivity index (χ3v) is 4.35. The zero-order valence-electron chi connectivity index (χ0n) is 11.2. The predicted octanol–water partition coefficient (Wildman–Crippen LogP) is 1.99. The summed E-state index contributed by atoms with van der Waals surface area (Å²) in [6.07, 6.45) is 1.92. The number of carbonyl (C=O) groups is 2. The third kappa shape index (κ3) is 2.99. The Hall–Kier alpha value is -1.06. The summed E-state index contributed by atoms with van der Waals surface area (Å²) in [5, 5.41) is 8.83. The van der Waals surface area contributed by atoms with Crippen molar-refractivity contribution in [2.75, 3.05) is 13.1 Å². The second-order valence-corrected chi connectivity index (χ2v) is 5.69. The van der Waals surface area contributed by atoms with Crippen LogP contribution in [0.5, 0.6) is 0 Å². The lowest BCUT2D eigenvalue weighted by atomic mass is 9.72. The Labute approximate surface area is 103 Å². The third-order valence-electron chi connectivity index (χ3n) is 4.35. The van der Waals surface area contributed by atoms with Crippen LogP contribution >= 0.6 is 0 Å². The molecule has 1 aliphatic heterocycles. The molecule has 0 aliphatic carbocycles. The SMILES string of the molecule is CC(C(=O)O)C(=O)N1CCC(C)(C(C)C)CC1. The lowest BCUT2D eigenvalue weighted by Gasteiger charge is -2.42. The second kappa shape index (κ2) is 5.07. The lowest BCUT2D eigenvalue weighted by Crippen LogP contribution is -2.46. The van der Waals surface area contributed by atoms with Gasteiger partial charge in [0.15, 0.2) is 0 Å². The average Bonchev–Trinajstić information content (AvgIpc) is 2.27. The zero-order chi connectivity index (χ0) is 13.2.